The van der Waals surface area contributed by atoms with Gasteiger partial charge in [-0.2, -0.15) is 0 Å². The van der Waals surface area contributed by atoms with Crippen LogP contribution in [0.5, 0.6) is 0 Å². The Labute approximate surface area is 359 Å². The van der Waals surface area contributed by atoms with Gasteiger partial charge < -0.3 is 64.8 Å². The van der Waals surface area contributed by atoms with Crippen LogP contribution >= 0.6 is 0 Å². The quantitative estimate of drug-likeness (QED) is 0.0237. The Hall–Kier alpha value is -5.05. The molecule has 1 aliphatic rings. The normalized spacial score (nSPS) is 16.7. The van der Waals surface area contributed by atoms with E-state index in [0.29, 0.717) is 58.2 Å². The monoisotopic (exact) mass is 867 g/mol. The van der Waals surface area contributed by atoms with Crippen molar-refractivity contribution in [3.63, 3.8) is 0 Å². The van der Waals surface area contributed by atoms with Crippen molar-refractivity contribution in [2.45, 2.75) is 155 Å². The molecule has 0 radical (unpaired) electrons. The Bertz CT molecular complexity index is 1500. The fraction of sp³-hybridized carbons (Fsp3) is 0.775. The number of carbonyl (C=O) groups excluding carboxylic acids is 7. The van der Waals surface area contributed by atoms with Crippen LogP contribution in [0.1, 0.15) is 113 Å². The number of carboxylic acids is 1. The maximum atomic E-state index is 13.7. The predicted molar refractivity (Wildman–Crippen MR) is 230 cm³/mol. The molecule has 0 aromatic carbocycles. The number of nitrogens with zero attached hydrogens (tertiary/aromatic N) is 2. The van der Waals surface area contributed by atoms with Crippen LogP contribution in [-0.2, 0) is 38.4 Å². The number of amides is 7. The number of unbranched alkanes of at least 4 members (excludes halogenated alkanes) is 1. The highest BCUT2D eigenvalue weighted by Gasteiger charge is 2.37. The van der Waals surface area contributed by atoms with E-state index in [1.54, 1.807) is 0 Å². The zero-order valence-corrected chi connectivity index (χ0v) is 37.1. The lowest BCUT2D eigenvalue weighted by Crippen LogP contribution is -2.59. The van der Waals surface area contributed by atoms with Crippen molar-refractivity contribution in [2.24, 2.45) is 45.7 Å². The van der Waals surface area contributed by atoms with Gasteiger partial charge in [0.05, 0.1) is 12.6 Å². The highest BCUT2D eigenvalue weighted by Crippen LogP contribution is 2.19. The SMILES string of the molecule is CC(C)C[C@H](NC(=O)CNC(=O)[C@@H]1CCCN1C(=O)[C@@H](N)CCCN=C(N)N)C(=O)N[C@@H](CC(C)C)C(=O)N[C@@H](C)C(=O)N[C@@H](CC(C)C)C(=O)N[C@@H](CCCCN)C(=O)O. The van der Waals surface area contributed by atoms with Gasteiger partial charge in [-0.1, -0.05) is 41.5 Å². The first-order valence-electron chi connectivity index (χ1n) is 21.4. The molecule has 15 N–H and O–H groups in total. The van der Waals surface area contributed by atoms with Gasteiger partial charge in [-0.3, -0.25) is 38.6 Å². The van der Waals surface area contributed by atoms with Crippen LogP contribution in [0.4, 0.5) is 0 Å². The fourth-order valence-electron chi connectivity index (χ4n) is 6.77. The van der Waals surface area contributed by atoms with Crippen LogP contribution in [0.2, 0.25) is 0 Å². The van der Waals surface area contributed by atoms with Crippen LogP contribution in [0, 0.1) is 17.8 Å². The zero-order valence-electron chi connectivity index (χ0n) is 37.1. The second-order valence-electron chi connectivity index (χ2n) is 17.0. The summed E-state index contributed by atoms with van der Waals surface area (Å²) < 4.78 is 0. The standard InChI is InChI=1S/C40H74N12O9/c1-22(2)18-28(48-32(53)21-46-37(58)31-14-11-17-52(31)38(59)26(42)12-10-16-45-40(43)44)35(56)51-29(19-23(3)4)34(55)47-25(7)33(54)50-30(20-24(5)6)36(57)49-27(39(60)61)13-8-9-15-41/h22-31H,8-21,41-42H2,1-7H3,(H,46,58)(H,47,55)(H,48,53)(H,49,57)(H,50,54)(H,51,56)(H,60,61)(H4,43,44,45)/t25-,26-,27-,28-,29-,30-,31-/m0/s1. The van der Waals surface area contributed by atoms with Crippen LogP contribution in [0.25, 0.3) is 0 Å². The van der Waals surface area contributed by atoms with E-state index >= 15 is 0 Å². The van der Waals surface area contributed by atoms with E-state index in [2.05, 4.69) is 36.9 Å². The largest absolute Gasteiger partial charge is 0.480 e. The molecule has 0 aliphatic carbocycles. The number of hydrogen-bond donors (Lipinski definition) is 11. The summed E-state index contributed by atoms with van der Waals surface area (Å²) in [6.07, 6.45) is 3.54. The predicted octanol–water partition coefficient (Wildman–Crippen LogP) is -1.73. The third kappa shape index (κ3) is 20.9. The van der Waals surface area contributed by atoms with Crippen LogP contribution in [0.15, 0.2) is 4.99 Å². The lowest BCUT2D eigenvalue weighted by molar-refractivity contribution is -0.142. The molecule has 0 spiro atoms. The summed E-state index contributed by atoms with van der Waals surface area (Å²) in [7, 11) is 0. The highest BCUT2D eigenvalue weighted by atomic mass is 16.4. The first kappa shape index (κ1) is 54.0. The number of hydrogen-bond acceptors (Lipinski definition) is 11. The Balaban J connectivity index is 2.96. The molecule has 0 bridgehead atoms. The third-order valence-electron chi connectivity index (χ3n) is 9.90. The van der Waals surface area contributed by atoms with Gasteiger partial charge in [-0.05, 0) is 95.4 Å². The van der Waals surface area contributed by atoms with Gasteiger partial charge in [0.1, 0.15) is 36.3 Å². The molecule has 21 heteroatoms. The Kier molecular flexibility index (Phi) is 24.5. The number of nitrogens with two attached hydrogens (primary N) is 4. The van der Waals surface area contributed by atoms with Crippen molar-refractivity contribution in [2.75, 3.05) is 26.2 Å². The van der Waals surface area contributed by atoms with Crippen LogP contribution in [0.3, 0.4) is 0 Å². The number of nitrogens with one attached hydrogen (secondary N) is 6. The molecule has 1 heterocycles. The average Bonchev–Trinajstić information content (AvgIpc) is 3.66. The van der Waals surface area contributed by atoms with Gasteiger partial charge in [0.2, 0.25) is 41.4 Å². The maximum absolute atomic E-state index is 13.7. The minimum atomic E-state index is -1.21. The van der Waals surface area contributed by atoms with Gasteiger partial charge in [0.25, 0.3) is 0 Å². The lowest BCUT2D eigenvalue weighted by atomic mass is 9.99. The van der Waals surface area contributed by atoms with E-state index in [1.807, 2.05) is 41.5 Å². The smallest absolute Gasteiger partial charge is 0.326 e. The van der Waals surface area contributed by atoms with Gasteiger partial charge in [-0.25, -0.2) is 4.79 Å². The summed E-state index contributed by atoms with van der Waals surface area (Å²) in [5, 5.41) is 25.3. The lowest BCUT2D eigenvalue weighted by Gasteiger charge is -2.27. The van der Waals surface area contributed by atoms with Crippen molar-refractivity contribution in [3.05, 3.63) is 0 Å². The minimum absolute atomic E-state index is 0.0552. The Morgan fingerprint density at radius 2 is 1.20 bits per heavy atom. The Morgan fingerprint density at radius 1 is 0.689 bits per heavy atom. The van der Waals surface area contributed by atoms with Crippen molar-refractivity contribution in [1.82, 2.24) is 36.8 Å². The number of guanidine groups is 1. The van der Waals surface area contributed by atoms with E-state index in [9.17, 15) is 43.5 Å². The van der Waals surface area contributed by atoms with Gasteiger partial charge in [0.15, 0.2) is 5.96 Å². The van der Waals surface area contributed by atoms with Crippen molar-refractivity contribution >= 4 is 53.3 Å². The summed E-state index contributed by atoms with van der Waals surface area (Å²) in [6.45, 7) is 13.0. The van der Waals surface area contributed by atoms with E-state index in [0.717, 1.165) is 0 Å². The first-order valence-corrected chi connectivity index (χ1v) is 21.4. The number of likely N-dealkylation sites (tertiary alicyclic amines) is 1. The minimum Gasteiger partial charge on any atom is -0.480 e. The second-order valence-corrected chi connectivity index (χ2v) is 17.0. The summed E-state index contributed by atoms with van der Waals surface area (Å²) in [4.78, 5) is 110. The van der Waals surface area contributed by atoms with Crippen molar-refractivity contribution < 1.29 is 43.5 Å². The topological polar surface area (TPSA) is 349 Å². The fourth-order valence-corrected chi connectivity index (χ4v) is 6.77. The van der Waals surface area contributed by atoms with Gasteiger partial charge >= 0.3 is 5.97 Å². The first-order chi connectivity index (χ1) is 28.6. The molecule has 0 aromatic rings. The second kappa shape index (κ2) is 27.7. The average molecular weight is 867 g/mol. The molecule has 7 amide bonds. The molecule has 61 heavy (non-hydrogen) atoms. The molecular weight excluding hydrogens is 793 g/mol. The summed E-state index contributed by atoms with van der Waals surface area (Å²) in [6, 6.07) is -7.30. The molecule has 348 valence electrons. The van der Waals surface area contributed by atoms with Crippen LogP contribution < -0.4 is 54.8 Å². The van der Waals surface area contributed by atoms with Crippen molar-refractivity contribution in [1.29, 1.82) is 0 Å². The number of carbonyl (C=O) groups is 8. The summed E-state index contributed by atoms with van der Waals surface area (Å²) in [5.74, 6) is -5.77. The van der Waals surface area contributed by atoms with E-state index in [-0.39, 0.29) is 49.4 Å². The molecule has 1 rings (SSSR count). The number of aliphatic carboxylic acids is 1. The van der Waals surface area contributed by atoms with E-state index < -0.39 is 96.2 Å². The van der Waals surface area contributed by atoms with E-state index in [4.69, 9.17) is 22.9 Å². The zero-order chi connectivity index (χ0) is 46.4. The molecular formula is C40H74N12O9. The summed E-state index contributed by atoms with van der Waals surface area (Å²) >= 11 is 0. The molecule has 0 saturated carbocycles. The van der Waals surface area contributed by atoms with Gasteiger partial charge in [0, 0.05) is 13.1 Å². The number of carboxylic acid groups (broad SMARTS) is 1. The molecule has 1 fully saturated rings. The molecule has 1 saturated heterocycles. The van der Waals surface area contributed by atoms with Crippen LogP contribution in [-0.4, -0.2) is 132 Å². The van der Waals surface area contributed by atoms with Crippen molar-refractivity contribution in [3.8, 4) is 0 Å². The molecule has 0 aromatic heterocycles. The van der Waals surface area contributed by atoms with E-state index in [1.165, 1.54) is 11.8 Å². The Morgan fingerprint density at radius 3 is 1.70 bits per heavy atom. The number of aliphatic imine (C=N–C) groups is 1. The molecule has 0 unspecified atom stereocenters. The maximum Gasteiger partial charge on any atom is 0.326 e. The number of rotatable bonds is 28. The molecule has 7 atom stereocenters. The molecule has 1 aliphatic heterocycles. The summed E-state index contributed by atoms with van der Waals surface area (Å²) in [5.41, 5.74) is 22.3. The molecule has 21 nitrogen and oxygen atoms in total. The van der Waals surface area contributed by atoms with Gasteiger partial charge in [-0.15, -0.1) is 0 Å². The third-order valence-corrected chi connectivity index (χ3v) is 9.90. The highest BCUT2D eigenvalue weighted by molar-refractivity contribution is 5.97.